The van der Waals surface area contributed by atoms with E-state index in [2.05, 4.69) is 30.5 Å². The number of hydrogen-bond donors (Lipinski definition) is 3. The van der Waals surface area contributed by atoms with Crippen LogP contribution < -0.4 is 15.5 Å². The van der Waals surface area contributed by atoms with Gasteiger partial charge < -0.3 is 20.6 Å². The van der Waals surface area contributed by atoms with Gasteiger partial charge in [-0.2, -0.15) is 15.0 Å². The molecular weight excluding hydrogens is 268 g/mol. The van der Waals surface area contributed by atoms with Gasteiger partial charge in [0, 0.05) is 26.2 Å². The van der Waals surface area contributed by atoms with Crippen molar-refractivity contribution in [2.24, 2.45) is 0 Å². The Labute approximate surface area is 126 Å². The fourth-order valence-electron chi connectivity index (χ4n) is 2.27. The Balaban J connectivity index is 2.12. The van der Waals surface area contributed by atoms with Gasteiger partial charge in [-0.1, -0.05) is 6.92 Å². The number of aliphatic hydroxyl groups is 1. The van der Waals surface area contributed by atoms with Gasteiger partial charge >= 0.3 is 0 Å². The maximum absolute atomic E-state index is 9.65. The van der Waals surface area contributed by atoms with Gasteiger partial charge in [0.15, 0.2) is 0 Å². The molecule has 1 aliphatic heterocycles. The van der Waals surface area contributed by atoms with Crippen LogP contribution in [-0.4, -0.2) is 52.3 Å². The van der Waals surface area contributed by atoms with E-state index in [-0.39, 0.29) is 6.10 Å². The van der Waals surface area contributed by atoms with Crippen LogP contribution in [0.3, 0.4) is 0 Å². The quantitative estimate of drug-likeness (QED) is 0.702. The van der Waals surface area contributed by atoms with Gasteiger partial charge in [0.1, 0.15) is 0 Å². The van der Waals surface area contributed by atoms with Crippen LogP contribution in [0.25, 0.3) is 0 Å². The zero-order valence-corrected chi connectivity index (χ0v) is 13.0. The maximum Gasteiger partial charge on any atom is 0.231 e. The predicted octanol–water partition coefficient (Wildman–Crippen LogP) is 1.48. The normalized spacial score (nSPS) is 16.6. The second-order valence-electron chi connectivity index (χ2n) is 5.30. The first-order chi connectivity index (χ1) is 10.2. The molecule has 2 rings (SSSR count). The van der Waals surface area contributed by atoms with Crippen molar-refractivity contribution in [1.82, 2.24) is 15.0 Å². The summed E-state index contributed by atoms with van der Waals surface area (Å²) in [6, 6.07) is 0. The minimum absolute atomic E-state index is 0.386. The summed E-state index contributed by atoms with van der Waals surface area (Å²) in [5, 5.41) is 15.9. The SMILES string of the molecule is CCNc1nc(NCC(O)CC)nc(N2CCCCC2)n1. The Bertz CT molecular complexity index is 435. The third kappa shape index (κ3) is 4.70. The molecule has 1 aromatic heterocycles. The van der Waals surface area contributed by atoms with E-state index in [4.69, 9.17) is 0 Å². The lowest BCUT2D eigenvalue weighted by atomic mass is 10.1. The molecular formula is C14H26N6O. The molecule has 3 N–H and O–H groups in total. The van der Waals surface area contributed by atoms with Gasteiger partial charge in [-0.3, -0.25) is 0 Å². The summed E-state index contributed by atoms with van der Waals surface area (Å²) in [5.41, 5.74) is 0. The van der Waals surface area contributed by atoms with Crippen molar-refractivity contribution in [1.29, 1.82) is 0 Å². The van der Waals surface area contributed by atoms with Crippen LogP contribution in [0.5, 0.6) is 0 Å². The Morgan fingerprint density at radius 3 is 2.33 bits per heavy atom. The Hall–Kier alpha value is -1.63. The maximum atomic E-state index is 9.65. The summed E-state index contributed by atoms with van der Waals surface area (Å²) in [5.74, 6) is 1.82. The zero-order chi connectivity index (χ0) is 15.1. The van der Waals surface area contributed by atoms with Crippen LogP contribution in [-0.2, 0) is 0 Å². The molecule has 0 spiro atoms. The molecule has 1 fully saturated rings. The minimum Gasteiger partial charge on any atom is -0.391 e. The molecule has 7 nitrogen and oxygen atoms in total. The summed E-state index contributed by atoms with van der Waals surface area (Å²) in [4.78, 5) is 15.5. The van der Waals surface area contributed by atoms with Crippen LogP contribution in [0, 0.1) is 0 Å². The van der Waals surface area contributed by atoms with Crippen LogP contribution in [0.2, 0.25) is 0 Å². The van der Waals surface area contributed by atoms with Crippen LogP contribution in [0.1, 0.15) is 39.5 Å². The average Bonchev–Trinajstić information content (AvgIpc) is 2.53. The van der Waals surface area contributed by atoms with Gasteiger partial charge in [-0.05, 0) is 32.6 Å². The fourth-order valence-corrected chi connectivity index (χ4v) is 2.27. The summed E-state index contributed by atoms with van der Waals surface area (Å²) in [6.07, 6.45) is 3.95. The molecule has 0 aliphatic carbocycles. The number of aliphatic hydroxyl groups excluding tert-OH is 1. The Kier molecular flexibility index (Phi) is 5.98. The molecule has 118 valence electrons. The number of anilines is 3. The van der Waals surface area contributed by atoms with Crippen molar-refractivity contribution in [3.63, 3.8) is 0 Å². The van der Waals surface area contributed by atoms with Crippen molar-refractivity contribution in [2.45, 2.75) is 45.6 Å². The Morgan fingerprint density at radius 1 is 1.05 bits per heavy atom. The molecule has 0 saturated carbocycles. The van der Waals surface area contributed by atoms with E-state index in [0.29, 0.717) is 30.8 Å². The third-order valence-corrected chi connectivity index (χ3v) is 3.56. The van der Waals surface area contributed by atoms with E-state index in [1.54, 1.807) is 0 Å². The number of rotatable bonds is 7. The lowest BCUT2D eigenvalue weighted by Gasteiger charge is -2.27. The molecule has 21 heavy (non-hydrogen) atoms. The first-order valence-corrected chi connectivity index (χ1v) is 7.89. The van der Waals surface area contributed by atoms with E-state index in [9.17, 15) is 5.11 Å². The predicted molar refractivity (Wildman–Crippen MR) is 84.8 cm³/mol. The first kappa shape index (κ1) is 15.8. The van der Waals surface area contributed by atoms with Gasteiger partial charge in [-0.25, -0.2) is 0 Å². The zero-order valence-electron chi connectivity index (χ0n) is 13.0. The van der Waals surface area contributed by atoms with E-state index in [1.165, 1.54) is 19.3 Å². The second-order valence-corrected chi connectivity index (χ2v) is 5.30. The van der Waals surface area contributed by atoms with Crippen LogP contribution >= 0.6 is 0 Å². The van der Waals surface area contributed by atoms with Crippen molar-refractivity contribution < 1.29 is 5.11 Å². The van der Waals surface area contributed by atoms with E-state index < -0.39 is 0 Å². The minimum atomic E-state index is -0.386. The van der Waals surface area contributed by atoms with Crippen molar-refractivity contribution in [3.8, 4) is 0 Å². The van der Waals surface area contributed by atoms with Crippen molar-refractivity contribution in [3.05, 3.63) is 0 Å². The van der Waals surface area contributed by atoms with Crippen molar-refractivity contribution in [2.75, 3.05) is 41.7 Å². The van der Waals surface area contributed by atoms with Gasteiger partial charge in [0.2, 0.25) is 17.8 Å². The average molecular weight is 294 g/mol. The van der Waals surface area contributed by atoms with Gasteiger partial charge in [0.25, 0.3) is 0 Å². The molecule has 1 atom stereocenters. The number of hydrogen-bond acceptors (Lipinski definition) is 7. The van der Waals surface area contributed by atoms with Crippen LogP contribution in [0.15, 0.2) is 0 Å². The fraction of sp³-hybridized carbons (Fsp3) is 0.786. The molecule has 0 radical (unpaired) electrons. The Morgan fingerprint density at radius 2 is 1.71 bits per heavy atom. The monoisotopic (exact) mass is 294 g/mol. The van der Waals surface area contributed by atoms with E-state index in [1.807, 2.05) is 13.8 Å². The van der Waals surface area contributed by atoms with Crippen molar-refractivity contribution >= 4 is 17.8 Å². The smallest absolute Gasteiger partial charge is 0.231 e. The summed E-state index contributed by atoms with van der Waals surface area (Å²) >= 11 is 0. The molecule has 0 aromatic carbocycles. The lowest BCUT2D eigenvalue weighted by Crippen LogP contribution is -2.31. The topological polar surface area (TPSA) is 86.2 Å². The molecule has 7 heteroatoms. The number of piperidine rings is 1. The second kappa shape index (κ2) is 7.97. The molecule has 2 heterocycles. The highest BCUT2D eigenvalue weighted by Crippen LogP contribution is 2.18. The lowest BCUT2D eigenvalue weighted by molar-refractivity contribution is 0.183. The molecule has 1 saturated heterocycles. The number of aromatic nitrogens is 3. The van der Waals surface area contributed by atoms with Gasteiger partial charge in [0.05, 0.1) is 6.10 Å². The number of nitrogens with zero attached hydrogens (tertiary/aromatic N) is 4. The van der Waals surface area contributed by atoms with E-state index in [0.717, 1.165) is 19.6 Å². The number of nitrogens with one attached hydrogen (secondary N) is 2. The highest BCUT2D eigenvalue weighted by molar-refractivity contribution is 5.44. The molecule has 1 aromatic rings. The third-order valence-electron chi connectivity index (χ3n) is 3.56. The van der Waals surface area contributed by atoms with Gasteiger partial charge in [-0.15, -0.1) is 0 Å². The highest BCUT2D eigenvalue weighted by atomic mass is 16.3. The molecule has 1 unspecified atom stereocenters. The summed E-state index contributed by atoms with van der Waals surface area (Å²) in [6.45, 7) is 7.16. The summed E-state index contributed by atoms with van der Waals surface area (Å²) in [7, 11) is 0. The molecule has 0 bridgehead atoms. The standard InChI is InChI=1S/C14H26N6O/c1-3-11(21)10-16-13-17-12(15-4-2)18-14(19-13)20-8-6-5-7-9-20/h11,21H,3-10H2,1-2H3,(H2,15,16,17,18,19). The van der Waals surface area contributed by atoms with Crippen LogP contribution in [0.4, 0.5) is 17.8 Å². The highest BCUT2D eigenvalue weighted by Gasteiger charge is 2.16. The molecule has 1 aliphatic rings. The first-order valence-electron chi connectivity index (χ1n) is 7.89. The largest absolute Gasteiger partial charge is 0.391 e. The summed E-state index contributed by atoms with van der Waals surface area (Å²) < 4.78 is 0. The molecule has 0 amide bonds. The van der Waals surface area contributed by atoms with E-state index >= 15 is 0 Å².